The molecule has 1 fully saturated rings. The van der Waals surface area contributed by atoms with Crippen LogP contribution >= 0.6 is 12.6 Å². The van der Waals surface area contributed by atoms with E-state index in [-0.39, 0.29) is 59.0 Å². The Bertz CT molecular complexity index is 1800. The molecule has 3 aromatic carbocycles. The molecule has 4 nitrogen and oxygen atoms in total. The average Bonchev–Trinajstić information content (AvgIpc) is 3.54. The molecular weight excluding hydrogens is 598 g/mol. The summed E-state index contributed by atoms with van der Waals surface area (Å²) in [6.07, 6.45) is -4.04. The van der Waals surface area contributed by atoms with Crippen LogP contribution in [0.15, 0.2) is 76.5 Å². The summed E-state index contributed by atoms with van der Waals surface area (Å²) in [5.74, 6) is 1.50. The van der Waals surface area contributed by atoms with E-state index < -0.39 is 39.6 Å². The summed E-state index contributed by atoms with van der Waals surface area (Å²) in [7, 11) is -4.25. The topological polar surface area (TPSA) is 42.3 Å². The van der Waals surface area contributed by atoms with Crippen molar-refractivity contribution >= 4 is 33.6 Å². The number of nitrogens with zero attached hydrogens (tertiary/aromatic N) is 2. The Balaban J connectivity index is 1.50. The van der Waals surface area contributed by atoms with Crippen LogP contribution in [0.25, 0.3) is 10.9 Å². The highest BCUT2D eigenvalue weighted by Gasteiger charge is 2.44. The number of hydrogen-bond acceptors (Lipinski definition) is 3. The maximum atomic E-state index is 14.4. The Morgan fingerprint density at radius 2 is 1.57 bits per heavy atom. The zero-order chi connectivity index (χ0) is 30.4. The number of sulfonamides is 1. The maximum Gasteiger partial charge on any atom is 0.431 e. The van der Waals surface area contributed by atoms with Gasteiger partial charge in [-0.2, -0.15) is 30.6 Å². The van der Waals surface area contributed by atoms with Crippen molar-refractivity contribution in [3.05, 3.63) is 94.7 Å². The van der Waals surface area contributed by atoms with Crippen LogP contribution in [0, 0.1) is 12.3 Å². The monoisotopic (exact) mass is 622 g/mol. The molecule has 0 radical (unpaired) electrons. The SMILES string of the molecule is C#CCn1c(C(F)(F)F)c(C2CCN(S(=O)(=O)c3cccc(Cc4ccccc4C(F)(F)F)c3S)C2)c2ccccc21. The Hall–Kier alpha value is -3.40. The molecule has 220 valence electrons. The highest BCUT2D eigenvalue weighted by Crippen LogP contribution is 2.45. The first-order valence-electron chi connectivity index (χ1n) is 12.8. The third kappa shape index (κ3) is 5.41. The van der Waals surface area contributed by atoms with E-state index in [4.69, 9.17) is 6.42 Å². The van der Waals surface area contributed by atoms with E-state index in [1.807, 2.05) is 0 Å². The summed E-state index contributed by atoms with van der Waals surface area (Å²) in [5, 5.41) is 0.351. The smallest absolute Gasteiger partial charge is 0.325 e. The van der Waals surface area contributed by atoms with E-state index in [9.17, 15) is 34.8 Å². The molecule has 1 aromatic heterocycles. The van der Waals surface area contributed by atoms with Gasteiger partial charge >= 0.3 is 12.4 Å². The molecule has 42 heavy (non-hydrogen) atoms. The second kappa shape index (κ2) is 11.0. The molecule has 1 aliphatic rings. The Morgan fingerprint density at radius 1 is 0.905 bits per heavy atom. The summed E-state index contributed by atoms with van der Waals surface area (Å²) in [6.45, 7) is -0.575. The number of terminal acetylenes is 1. The molecule has 5 rings (SSSR count). The van der Waals surface area contributed by atoms with Crippen molar-refractivity contribution in [2.24, 2.45) is 0 Å². The Kier molecular flexibility index (Phi) is 7.89. The van der Waals surface area contributed by atoms with Crippen molar-refractivity contribution in [1.82, 2.24) is 8.87 Å². The van der Waals surface area contributed by atoms with Crippen LogP contribution in [0.3, 0.4) is 0 Å². The van der Waals surface area contributed by atoms with Crippen LogP contribution in [0.4, 0.5) is 26.3 Å². The number of fused-ring (bicyclic) bond motifs is 1. The first-order valence-corrected chi connectivity index (χ1v) is 14.7. The quantitative estimate of drug-likeness (QED) is 0.139. The first kappa shape index (κ1) is 30.1. The van der Waals surface area contributed by atoms with Crippen LogP contribution in [-0.4, -0.2) is 30.4 Å². The molecular formula is C30H24F6N2O2S2. The fraction of sp³-hybridized carbons (Fsp3) is 0.267. The average molecular weight is 623 g/mol. The van der Waals surface area contributed by atoms with Crippen molar-refractivity contribution in [2.75, 3.05) is 13.1 Å². The van der Waals surface area contributed by atoms with Gasteiger partial charge in [0.25, 0.3) is 0 Å². The summed E-state index contributed by atoms with van der Waals surface area (Å²) in [5.41, 5.74) is -1.20. The van der Waals surface area contributed by atoms with Crippen molar-refractivity contribution in [1.29, 1.82) is 0 Å². The lowest BCUT2D eigenvalue weighted by Crippen LogP contribution is -2.29. The molecule has 12 heteroatoms. The molecule has 1 unspecified atom stereocenters. The minimum Gasteiger partial charge on any atom is -0.325 e. The van der Waals surface area contributed by atoms with E-state index in [0.29, 0.717) is 10.9 Å². The van der Waals surface area contributed by atoms with Crippen molar-refractivity contribution in [3.63, 3.8) is 0 Å². The standard InChI is InChI=1S/C30H24F6N2O2S2/c1-2-15-38-24-12-6-4-10-22(24)26(28(38)30(34,35)36)21-14-16-37(18-21)42(39,40)25-13-7-9-20(27(25)41)17-19-8-3-5-11-23(19)29(31,32)33/h1,3-13,21,41H,14-18H2. The van der Waals surface area contributed by atoms with Crippen molar-refractivity contribution in [3.8, 4) is 12.3 Å². The number of hydrogen-bond donors (Lipinski definition) is 1. The normalized spacial score (nSPS) is 16.7. The van der Waals surface area contributed by atoms with E-state index in [0.717, 1.165) is 14.9 Å². The molecule has 0 amide bonds. The molecule has 0 aliphatic carbocycles. The second-order valence-electron chi connectivity index (χ2n) is 10.0. The molecule has 1 atom stereocenters. The zero-order valence-electron chi connectivity index (χ0n) is 21.9. The molecule has 0 N–H and O–H groups in total. The number of halogens is 6. The summed E-state index contributed by atoms with van der Waals surface area (Å²) < 4.78 is 113. The highest BCUT2D eigenvalue weighted by atomic mass is 32.2. The van der Waals surface area contributed by atoms with Crippen LogP contribution in [0.1, 0.15) is 40.3 Å². The van der Waals surface area contributed by atoms with E-state index in [2.05, 4.69) is 18.5 Å². The predicted molar refractivity (Wildman–Crippen MR) is 150 cm³/mol. The van der Waals surface area contributed by atoms with Gasteiger partial charge in [-0.25, -0.2) is 8.42 Å². The zero-order valence-corrected chi connectivity index (χ0v) is 23.6. The lowest BCUT2D eigenvalue weighted by atomic mass is 9.95. The molecule has 4 aromatic rings. The maximum absolute atomic E-state index is 14.4. The van der Waals surface area contributed by atoms with Gasteiger partial charge in [0.15, 0.2) is 0 Å². The number of thiol groups is 1. The minimum absolute atomic E-state index is 0.00495. The van der Waals surface area contributed by atoms with Crippen molar-refractivity contribution in [2.45, 2.75) is 47.4 Å². The van der Waals surface area contributed by atoms with Gasteiger partial charge in [0.1, 0.15) is 5.69 Å². The Labute approximate surface area is 244 Å². The van der Waals surface area contributed by atoms with Gasteiger partial charge in [-0.1, -0.05) is 54.5 Å². The first-order chi connectivity index (χ1) is 19.7. The third-order valence-corrected chi connectivity index (χ3v) is 10.1. The molecule has 1 aliphatic heterocycles. The molecule has 1 saturated heterocycles. The number of benzene rings is 3. The number of para-hydroxylation sites is 1. The van der Waals surface area contributed by atoms with Crippen molar-refractivity contribution < 1.29 is 34.8 Å². The summed E-state index contributed by atoms with van der Waals surface area (Å²) in [6, 6.07) is 15.6. The van der Waals surface area contributed by atoms with Crippen LogP contribution in [-0.2, 0) is 35.3 Å². The number of rotatable bonds is 6. The van der Waals surface area contributed by atoms with Crippen LogP contribution in [0.2, 0.25) is 0 Å². The van der Waals surface area contributed by atoms with E-state index >= 15 is 0 Å². The van der Waals surface area contributed by atoms with Gasteiger partial charge in [-0.05, 0) is 47.7 Å². The summed E-state index contributed by atoms with van der Waals surface area (Å²) >= 11 is 4.40. The molecule has 0 spiro atoms. The van der Waals surface area contributed by atoms with Crippen LogP contribution in [0.5, 0.6) is 0 Å². The largest absolute Gasteiger partial charge is 0.431 e. The fourth-order valence-electron chi connectivity index (χ4n) is 5.70. The van der Waals surface area contributed by atoms with Gasteiger partial charge in [-0.15, -0.1) is 19.1 Å². The summed E-state index contributed by atoms with van der Waals surface area (Å²) in [4.78, 5) is -0.237. The number of alkyl halides is 6. The Morgan fingerprint density at radius 3 is 2.26 bits per heavy atom. The van der Waals surface area contributed by atoms with Gasteiger partial charge in [0, 0.05) is 34.8 Å². The van der Waals surface area contributed by atoms with Gasteiger partial charge in [0.2, 0.25) is 10.0 Å². The lowest BCUT2D eigenvalue weighted by Gasteiger charge is -2.20. The van der Waals surface area contributed by atoms with Gasteiger partial charge < -0.3 is 4.57 Å². The third-order valence-electron chi connectivity index (χ3n) is 7.49. The fourth-order valence-corrected chi connectivity index (χ4v) is 7.90. The number of aromatic nitrogens is 1. The minimum atomic E-state index is -4.74. The second-order valence-corrected chi connectivity index (χ2v) is 12.4. The lowest BCUT2D eigenvalue weighted by molar-refractivity contribution is -0.143. The highest BCUT2D eigenvalue weighted by molar-refractivity contribution is 7.90. The van der Waals surface area contributed by atoms with Gasteiger partial charge in [-0.3, -0.25) is 0 Å². The van der Waals surface area contributed by atoms with E-state index in [1.165, 1.54) is 36.4 Å². The molecule has 0 bridgehead atoms. The predicted octanol–water partition coefficient (Wildman–Crippen LogP) is 7.37. The van der Waals surface area contributed by atoms with Gasteiger partial charge in [0.05, 0.1) is 17.0 Å². The molecule has 0 saturated carbocycles. The molecule has 2 heterocycles. The van der Waals surface area contributed by atoms with Crippen LogP contribution < -0.4 is 0 Å². The van der Waals surface area contributed by atoms with E-state index in [1.54, 1.807) is 24.3 Å².